The number of amides is 2. The van der Waals surface area contributed by atoms with E-state index in [4.69, 9.17) is 21.7 Å². The normalized spacial score (nSPS) is 9.69. The molecule has 0 radical (unpaired) electrons. The summed E-state index contributed by atoms with van der Waals surface area (Å²) in [6.07, 6.45) is 7.02. The molecule has 0 aliphatic carbocycles. The van der Waals surface area contributed by atoms with Crippen LogP contribution in [0, 0.1) is 0 Å². The van der Waals surface area contributed by atoms with E-state index in [1.54, 1.807) is 0 Å². The van der Waals surface area contributed by atoms with E-state index in [9.17, 15) is 19.2 Å². The second kappa shape index (κ2) is 13.4. The minimum atomic E-state index is -1.06. The fourth-order valence-electron chi connectivity index (χ4n) is 2.06. The zero-order valence-electron chi connectivity index (χ0n) is 14.6. The first-order chi connectivity index (χ1) is 12.2. The van der Waals surface area contributed by atoms with Crippen LogP contribution in [0.5, 0.6) is 0 Å². The molecule has 0 spiro atoms. The summed E-state index contributed by atoms with van der Waals surface area (Å²) >= 11 is 0. The number of carbonyl (C=O) groups is 4. The summed E-state index contributed by atoms with van der Waals surface area (Å²) in [5, 5.41) is 16.9. The quantitative estimate of drug-likeness (QED) is 0.439. The average Bonchev–Trinajstić information content (AvgIpc) is 2.57. The number of rotatable bonds is 11. The molecule has 0 saturated carbocycles. The summed E-state index contributed by atoms with van der Waals surface area (Å²) in [5.74, 6) is -2.57. The fraction of sp³-hybridized carbons (Fsp3) is 0.444. The first-order valence-corrected chi connectivity index (χ1v) is 8.37. The van der Waals surface area contributed by atoms with Crippen LogP contribution in [-0.4, -0.2) is 34.0 Å². The molecular weight excluding hydrogens is 340 g/mol. The van der Waals surface area contributed by atoms with Gasteiger partial charge in [-0.3, -0.25) is 9.59 Å². The van der Waals surface area contributed by atoms with Gasteiger partial charge in [-0.05, 0) is 37.1 Å². The van der Waals surface area contributed by atoms with Crippen molar-refractivity contribution in [2.45, 2.75) is 51.4 Å². The minimum Gasteiger partial charge on any atom is -0.478 e. The van der Waals surface area contributed by atoms with Crippen molar-refractivity contribution in [2.24, 2.45) is 11.5 Å². The first-order valence-electron chi connectivity index (χ1n) is 8.37. The van der Waals surface area contributed by atoms with Crippen molar-refractivity contribution in [3.05, 3.63) is 35.4 Å². The molecule has 0 aliphatic rings. The van der Waals surface area contributed by atoms with Crippen LogP contribution in [0.15, 0.2) is 24.3 Å². The van der Waals surface area contributed by atoms with E-state index >= 15 is 0 Å². The Kier molecular flexibility index (Phi) is 11.9. The summed E-state index contributed by atoms with van der Waals surface area (Å²) < 4.78 is 0. The van der Waals surface area contributed by atoms with Gasteiger partial charge in [-0.2, -0.15) is 0 Å². The number of aromatic carboxylic acids is 2. The van der Waals surface area contributed by atoms with Crippen LogP contribution in [-0.2, 0) is 9.59 Å². The van der Waals surface area contributed by atoms with E-state index in [1.807, 2.05) is 0 Å². The molecule has 0 unspecified atom stereocenters. The number of carboxylic acids is 2. The second-order valence-corrected chi connectivity index (χ2v) is 5.74. The zero-order chi connectivity index (χ0) is 19.9. The monoisotopic (exact) mass is 366 g/mol. The number of hydrogen-bond acceptors (Lipinski definition) is 4. The summed E-state index contributed by atoms with van der Waals surface area (Å²) in [6.45, 7) is 0. The Hall–Kier alpha value is -2.90. The van der Waals surface area contributed by atoms with E-state index in [-0.39, 0.29) is 22.9 Å². The lowest BCUT2D eigenvalue weighted by Gasteiger charge is -1.99. The van der Waals surface area contributed by atoms with Crippen LogP contribution in [0.4, 0.5) is 0 Å². The maximum absolute atomic E-state index is 10.4. The summed E-state index contributed by atoms with van der Waals surface area (Å²) in [5.41, 5.74) is 10.2. The van der Waals surface area contributed by atoms with Gasteiger partial charge in [0.15, 0.2) is 0 Å². The number of hydrogen-bond donors (Lipinski definition) is 4. The smallest absolute Gasteiger partial charge is 0.335 e. The third kappa shape index (κ3) is 12.5. The predicted octanol–water partition coefficient (Wildman–Crippen LogP) is 2.16. The second-order valence-electron chi connectivity index (χ2n) is 5.74. The standard InChI is InChI=1S/C10H20N2O2.C8H6O4/c11-9(13)7-5-3-1-2-4-6-8-10(12)14;9-7(10)5-1-2-6(4-3-5)8(11)12/h1-8H2,(H2,11,13)(H2,12,14);1-4H,(H,9,10)(H,11,12). The molecule has 0 fully saturated rings. The Morgan fingerprint density at radius 1 is 0.615 bits per heavy atom. The van der Waals surface area contributed by atoms with E-state index in [0.29, 0.717) is 12.8 Å². The SMILES string of the molecule is NC(=O)CCCCCCCCC(N)=O.O=C(O)c1ccc(C(=O)O)cc1. The maximum Gasteiger partial charge on any atom is 0.335 e. The van der Waals surface area contributed by atoms with Crippen molar-refractivity contribution in [1.82, 2.24) is 0 Å². The van der Waals surface area contributed by atoms with Gasteiger partial charge in [-0.15, -0.1) is 0 Å². The number of carboxylic acid groups (broad SMARTS) is 2. The molecule has 8 heteroatoms. The van der Waals surface area contributed by atoms with Crippen molar-refractivity contribution < 1.29 is 29.4 Å². The number of benzene rings is 1. The zero-order valence-corrected chi connectivity index (χ0v) is 14.6. The molecular formula is C18H26N2O6. The molecule has 8 nitrogen and oxygen atoms in total. The molecule has 1 aromatic rings. The molecule has 2 amide bonds. The fourth-order valence-corrected chi connectivity index (χ4v) is 2.06. The Balaban J connectivity index is 0.000000485. The minimum absolute atomic E-state index is 0.0833. The molecule has 0 aromatic heterocycles. The Morgan fingerprint density at radius 2 is 0.885 bits per heavy atom. The molecule has 0 heterocycles. The highest BCUT2D eigenvalue weighted by molar-refractivity contribution is 5.91. The van der Waals surface area contributed by atoms with Crippen LogP contribution < -0.4 is 11.5 Å². The van der Waals surface area contributed by atoms with Crippen molar-refractivity contribution >= 4 is 23.8 Å². The van der Waals surface area contributed by atoms with Gasteiger partial charge in [-0.25, -0.2) is 9.59 Å². The van der Waals surface area contributed by atoms with Crippen LogP contribution in [0.25, 0.3) is 0 Å². The molecule has 1 rings (SSSR count). The van der Waals surface area contributed by atoms with E-state index in [0.717, 1.165) is 38.5 Å². The molecule has 144 valence electrons. The largest absolute Gasteiger partial charge is 0.478 e. The number of nitrogens with two attached hydrogens (primary N) is 2. The van der Waals surface area contributed by atoms with Gasteiger partial charge in [-0.1, -0.05) is 25.7 Å². The topological polar surface area (TPSA) is 161 Å². The number of primary amides is 2. The molecule has 0 bridgehead atoms. The van der Waals surface area contributed by atoms with Gasteiger partial charge in [0.25, 0.3) is 0 Å². The van der Waals surface area contributed by atoms with Gasteiger partial charge >= 0.3 is 11.9 Å². The van der Waals surface area contributed by atoms with Gasteiger partial charge in [0.05, 0.1) is 11.1 Å². The van der Waals surface area contributed by atoms with Crippen molar-refractivity contribution in [2.75, 3.05) is 0 Å². The lowest BCUT2D eigenvalue weighted by Crippen LogP contribution is -2.09. The maximum atomic E-state index is 10.4. The lowest BCUT2D eigenvalue weighted by molar-refractivity contribution is -0.119. The lowest BCUT2D eigenvalue weighted by atomic mass is 10.1. The Bertz CT molecular complexity index is 545. The van der Waals surface area contributed by atoms with E-state index < -0.39 is 11.9 Å². The van der Waals surface area contributed by atoms with Crippen LogP contribution in [0.2, 0.25) is 0 Å². The van der Waals surface area contributed by atoms with Crippen LogP contribution >= 0.6 is 0 Å². The first kappa shape index (κ1) is 23.1. The van der Waals surface area contributed by atoms with Gasteiger partial charge in [0.1, 0.15) is 0 Å². The third-order valence-electron chi connectivity index (χ3n) is 3.48. The summed E-state index contributed by atoms with van der Waals surface area (Å²) in [7, 11) is 0. The van der Waals surface area contributed by atoms with E-state index in [1.165, 1.54) is 24.3 Å². The summed E-state index contributed by atoms with van der Waals surface area (Å²) in [4.78, 5) is 41.4. The molecule has 0 atom stereocenters. The average molecular weight is 366 g/mol. The Labute approximate surface area is 152 Å². The molecule has 0 saturated heterocycles. The van der Waals surface area contributed by atoms with Crippen LogP contribution in [0.1, 0.15) is 72.1 Å². The number of carbonyl (C=O) groups excluding carboxylic acids is 2. The van der Waals surface area contributed by atoms with Gasteiger partial charge < -0.3 is 21.7 Å². The molecule has 1 aromatic carbocycles. The Morgan fingerprint density at radius 3 is 1.12 bits per heavy atom. The number of unbranched alkanes of at least 4 members (excludes halogenated alkanes) is 5. The highest BCUT2D eigenvalue weighted by Crippen LogP contribution is 2.08. The van der Waals surface area contributed by atoms with Crippen LogP contribution in [0.3, 0.4) is 0 Å². The highest BCUT2D eigenvalue weighted by Gasteiger charge is 2.04. The molecule has 26 heavy (non-hydrogen) atoms. The predicted molar refractivity (Wildman–Crippen MR) is 95.7 cm³/mol. The molecule has 0 aliphatic heterocycles. The third-order valence-corrected chi connectivity index (χ3v) is 3.48. The van der Waals surface area contributed by atoms with E-state index in [2.05, 4.69) is 0 Å². The molecule has 6 N–H and O–H groups in total. The summed E-state index contributed by atoms with van der Waals surface area (Å²) in [6, 6.07) is 5.02. The van der Waals surface area contributed by atoms with Crippen molar-refractivity contribution in [3.63, 3.8) is 0 Å². The van der Waals surface area contributed by atoms with Gasteiger partial charge in [0, 0.05) is 12.8 Å². The highest BCUT2D eigenvalue weighted by atomic mass is 16.4. The van der Waals surface area contributed by atoms with Crippen molar-refractivity contribution in [1.29, 1.82) is 0 Å². The van der Waals surface area contributed by atoms with Crippen molar-refractivity contribution in [3.8, 4) is 0 Å². The van der Waals surface area contributed by atoms with Gasteiger partial charge in [0.2, 0.25) is 11.8 Å².